The van der Waals surface area contributed by atoms with Crippen LogP contribution < -0.4 is 10.0 Å². The lowest BCUT2D eigenvalue weighted by Gasteiger charge is -2.09. The molecule has 0 radical (unpaired) electrons. The molecule has 0 heterocycles. The Balaban J connectivity index is 2.00. The van der Waals surface area contributed by atoms with Crippen molar-refractivity contribution >= 4 is 27.6 Å². The summed E-state index contributed by atoms with van der Waals surface area (Å²) in [6, 6.07) is 11.0. The first-order valence-corrected chi connectivity index (χ1v) is 9.28. The van der Waals surface area contributed by atoms with Gasteiger partial charge in [-0.3, -0.25) is 4.79 Å². The van der Waals surface area contributed by atoms with Gasteiger partial charge in [-0.15, -0.1) is 0 Å². The second kappa shape index (κ2) is 8.11. The number of hydrogen-bond donors (Lipinski definition) is 2. The molecular weight excluding hydrogens is 356 g/mol. The van der Waals surface area contributed by atoms with Gasteiger partial charge in [0.1, 0.15) is 0 Å². The molecule has 0 saturated carbocycles. The van der Waals surface area contributed by atoms with Crippen molar-refractivity contribution < 1.29 is 22.7 Å². The third-order valence-electron chi connectivity index (χ3n) is 3.49. The van der Waals surface area contributed by atoms with Gasteiger partial charge in [0, 0.05) is 5.69 Å². The van der Waals surface area contributed by atoms with Crippen LogP contribution in [0.3, 0.4) is 0 Å². The van der Waals surface area contributed by atoms with E-state index in [1.54, 1.807) is 12.1 Å². The molecule has 26 heavy (non-hydrogen) atoms. The number of carbonyl (C=O) groups excluding carboxylic acids is 2. The van der Waals surface area contributed by atoms with E-state index >= 15 is 0 Å². The van der Waals surface area contributed by atoms with Gasteiger partial charge in [-0.2, -0.15) is 0 Å². The molecule has 0 atom stereocenters. The minimum Gasteiger partial charge on any atom is -0.452 e. The van der Waals surface area contributed by atoms with Crippen molar-refractivity contribution in [2.45, 2.75) is 18.7 Å². The van der Waals surface area contributed by atoms with E-state index in [9.17, 15) is 18.0 Å². The van der Waals surface area contributed by atoms with Crippen LogP contribution in [0.4, 0.5) is 5.69 Å². The lowest BCUT2D eigenvalue weighted by atomic mass is 10.1. The third-order valence-corrected chi connectivity index (χ3v) is 4.90. The van der Waals surface area contributed by atoms with Gasteiger partial charge in [0.15, 0.2) is 6.61 Å². The highest BCUT2D eigenvalue weighted by Gasteiger charge is 2.16. The van der Waals surface area contributed by atoms with Crippen LogP contribution >= 0.6 is 0 Å². The minimum absolute atomic E-state index is 0.0422. The predicted octanol–water partition coefficient (Wildman–Crippen LogP) is 2.01. The molecule has 2 rings (SSSR count). The molecule has 0 fully saturated rings. The Bertz CT molecular complexity index is 918. The van der Waals surface area contributed by atoms with Gasteiger partial charge in [-0.05, 0) is 62.4 Å². The topological polar surface area (TPSA) is 102 Å². The monoisotopic (exact) mass is 376 g/mol. The molecule has 0 unspecified atom stereocenters. The Labute approximate surface area is 152 Å². The number of anilines is 1. The van der Waals surface area contributed by atoms with E-state index < -0.39 is 28.5 Å². The Morgan fingerprint density at radius 2 is 1.69 bits per heavy atom. The Kier molecular flexibility index (Phi) is 6.12. The fourth-order valence-corrected chi connectivity index (χ4v) is 3.14. The van der Waals surface area contributed by atoms with Crippen LogP contribution in [0, 0.1) is 13.8 Å². The van der Waals surface area contributed by atoms with Crippen molar-refractivity contribution in [3.05, 3.63) is 59.2 Å². The summed E-state index contributed by atoms with van der Waals surface area (Å²) in [6.07, 6.45) is 0. The standard InChI is InChI=1S/C18H20N2O5S/c1-12-7-13(2)9-15(8-12)20-17(21)11-25-18(22)14-5-4-6-16(10-14)26(23,24)19-3/h4-10,19H,11H2,1-3H3,(H,20,21). The molecule has 0 aliphatic rings. The van der Waals surface area contributed by atoms with Crippen molar-refractivity contribution in [3.8, 4) is 0 Å². The van der Waals surface area contributed by atoms with Gasteiger partial charge in [0.05, 0.1) is 10.5 Å². The molecule has 0 saturated heterocycles. The van der Waals surface area contributed by atoms with E-state index in [2.05, 4.69) is 10.0 Å². The van der Waals surface area contributed by atoms with Gasteiger partial charge < -0.3 is 10.1 Å². The smallest absolute Gasteiger partial charge is 0.338 e. The van der Waals surface area contributed by atoms with E-state index in [-0.39, 0.29) is 10.5 Å². The summed E-state index contributed by atoms with van der Waals surface area (Å²) in [5.41, 5.74) is 2.66. The second-order valence-corrected chi connectivity index (χ2v) is 7.62. The fourth-order valence-electron chi connectivity index (χ4n) is 2.37. The van der Waals surface area contributed by atoms with Crippen LogP contribution in [-0.4, -0.2) is 33.9 Å². The summed E-state index contributed by atoms with van der Waals surface area (Å²) in [6.45, 7) is 3.35. The van der Waals surface area contributed by atoms with Crippen LogP contribution in [0.1, 0.15) is 21.5 Å². The summed E-state index contributed by atoms with van der Waals surface area (Å²) in [5.74, 6) is -1.27. The maximum Gasteiger partial charge on any atom is 0.338 e. The predicted molar refractivity (Wildman–Crippen MR) is 97.5 cm³/mol. The average Bonchev–Trinajstić information content (AvgIpc) is 2.59. The number of sulfonamides is 1. The quantitative estimate of drug-likeness (QED) is 0.751. The average molecular weight is 376 g/mol. The zero-order valence-electron chi connectivity index (χ0n) is 14.7. The van der Waals surface area contributed by atoms with E-state index in [0.717, 1.165) is 11.1 Å². The number of rotatable bonds is 6. The first kappa shape index (κ1) is 19.6. The number of carbonyl (C=O) groups is 2. The van der Waals surface area contributed by atoms with Crippen molar-refractivity contribution in [3.63, 3.8) is 0 Å². The molecule has 0 aromatic heterocycles. The number of hydrogen-bond acceptors (Lipinski definition) is 5. The van der Waals surface area contributed by atoms with Crippen LogP contribution in [0.2, 0.25) is 0 Å². The molecule has 2 aromatic rings. The molecule has 2 aromatic carbocycles. The van der Waals surface area contributed by atoms with Gasteiger partial charge in [-0.25, -0.2) is 17.9 Å². The summed E-state index contributed by atoms with van der Waals surface area (Å²) in [7, 11) is -2.40. The molecule has 2 N–H and O–H groups in total. The summed E-state index contributed by atoms with van der Waals surface area (Å²) in [4.78, 5) is 23.9. The Morgan fingerprint density at radius 1 is 1.04 bits per heavy atom. The highest BCUT2D eigenvalue weighted by molar-refractivity contribution is 7.89. The zero-order chi connectivity index (χ0) is 19.3. The van der Waals surface area contributed by atoms with Crippen molar-refractivity contribution in [1.82, 2.24) is 4.72 Å². The van der Waals surface area contributed by atoms with E-state index in [1.165, 1.54) is 31.3 Å². The first-order chi connectivity index (χ1) is 12.2. The second-order valence-electron chi connectivity index (χ2n) is 5.74. The summed E-state index contributed by atoms with van der Waals surface area (Å²) < 4.78 is 30.7. The molecule has 138 valence electrons. The number of nitrogens with one attached hydrogen (secondary N) is 2. The SMILES string of the molecule is CNS(=O)(=O)c1cccc(C(=O)OCC(=O)Nc2cc(C)cc(C)c2)c1. The largest absolute Gasteiger partial charge is 0.452 e. The fraction of sp³-hybridized carbons (Fsp3) is 0.222. The van der Waals surface area contributed by atoms with Gasteiger partial charge in [-0.1, -0.05) is 12.1 Å². The maximum absolute atomic E-state index is 12.1. The maximum atomic E-state index is 12.1. The number of esters is 1. The van der Waals surface area contributed by atoms with Crippen molar-refractivity contribution in [2.24, 2.45) is 0 Å². The van der Waals surface area contributed by atoms with E-state index in [0.29, 0.717) is 5.69 Å². The van der Waals surface area contributed by atoms with Crippen LogP contribution in [0.15, 0.2) is 47.4 Å². The number of benzene rings is 2. The van der Waals surface area contributed by atoms with E-state index in [1.807, 2.05) is 19.9 Å². The number of amides is 1. The highest BCUT2D eigenvalue weighted by atomic mass is 32.2. The zero-order valence-corrected chi connectivity index (χ0v) is 15.5. The minimum atomic E-state index is -3.67. The number of ether oxygens (including phenoxy) is 1. The van der Waals surface area contributed by atoms with Crippen molar-refractivity contribution in [1.29, 1.82) is 0 Å². The third kappa shape index (κ3) is 5.14. The Hall–Kier alpha value is -2.71. The first-order valence-electron chi connectivity index (χ1n) is 7.80. The van der Waals surface area contributed by atoms with Gasteiger partial charge >= 0.3 is 5.97 Å². The van der Waals surface area contributed by atoms with Crippen molar-refractivity contribution in [2.75, 3.05) is 19.0 Å². The lowest BCUT2D eigenvalue weighted by Crippen LogP contribution is -2.22. The van der Waals surface area contributed by atoms with Crippen LogP contribution in [0.25, 0.3) is 0 Å². The Morgan fingerprint density at radius 3 is 2.31 bits per heavy atom. The van der Waals surface area contributed by atoms with Gasteiger partial charge in [0.2, 0.25) is 10.0 Å². The summed E-state index contributed by atoms with van der Waals surface area (Å²) in [5, 5.41) is 2.65. The van der Waals surface area contributed by atoms with E-state index in [4.69, 9.17) is 4.74 Å². The molecular formula is C18H20N2O5S. The highest BCUT2D eigenvalue weighted by Crippen LogP contribution is 2.14. The van der Waals surface area contributed by atoms with Gasteiger partial charge in [0.25, 0.3) is 5.91 Å². The van der Waals surface area contributed by atoms with Crippen LogP contribution in [-0.2, 0) is 19.6 Å². The number of aryl methyl sites for hydroxylation is 2. The molecule has 0 bridgehead atoms. The molecule has 1 amide bonds. The lowest BCUT2D eigenvalue weighted by molar-refractivity contribution is -0.119. The normalized spacial score (nSPS) is 11.0. The molecule has 0 aliphatic heterocycles. The molecule has 0 spiro atoms. The molecule has 8 heteroatoms. The molecule has 7 nitrogen and oxygen atoms in total. The summed E-state index contributed by atoms with van der Waals surface area (Å²) >= 11 is 0. The van der Waals surface area contributed by atoms with Crippen LogP contribution in [0.5, 0.6) is 0 Å². The molecule has 0 aliphatic carbocycles.